The van der Waals surface area contributed by atoms with Gasteiger partial charge in [-0.25, -0.2) is 0 Å². The number of benzene rings is 1. The first kappa shape index (κ1) is 15.6. The molecule has 0 spiro atoms. The van der Waals surface area contributed by atoms with Crippen LogP contribution < -0.4 is 11.1 Å². The minimum atomic E-state index is -0.0742. The van der Waals surface area contributed by atoms with Gasteiger partial charge in [-0.1, -0.05) is 30.9 Å². The van der Waals surface area contributed by atoms with Crippen molar-refractivity contribution in [3.63, 3.8) is 0 Å². The maximum Gasteiger partial charge on any atom is 0.252 e. The van der Waals surface area contributed by atoms with Crippen LogP contribution in [0.25, 0.3) is 0 Å². The average molecular weight is 276 g/mol. The maximum atomic E-state index is 12.1. The summed E-state index contributed by atoms with van der Waals surface area (Å²) in [6, 6.07) is 7.33. The Morgan fingerprint density at radius 3 is 2.89 bits per heavy atom. The van der Waals surface area contributed by atoms with E-state index in [1.165, 1.54) is 0 Å². The molecular formula is C15H20N2OS. The maximum absolute atomic E-state index is 12.1. The lowest BCUT2D eigenvalue weighted by Gasteiger charge is -2.11. The molecule has 0 bridgehead atoms. The molecule has 0 saturated heterocycles. The van der Waals surface area contributed by atoms with Crippen LogP contribution in [0.1, 0.15) is 22.8 Å². The fourth-order valence-electron chi connectivity index (χ4n) is 1.64. The van der Waals surface area contributed by atoms with Crippen molar-refractivity contribution < 1.29 is 4.79 Å². The molecule has 1 amide bonds. The van der Waals surface area contributed by atoms with E-state index in [2.05, 4.69) is 30.3 Å². The van der Waals surface area contributed by atoms with Crippen molar-refractivity contribution in [2.45, 2.75) is 6.92 Å². The molecule has 0 aliphatic rings. The number of nitrogens with one attached hydrogen (secondary N) is 1. The molecule has 102 valence electrons. The fourth-order valence-corrected chi connectivity index (χ4v) is 2.33. The molecule has 0 fully saturated rings. The van der Waals surface area contributed by atoms with Gasteiger partial charge in [-0.15, -0.1) is 0 Å². The quantitative estimate of drug-likeness (QED) is 0.805. The number of nitrogens with two attached hydrogens (primary N) is 1. The second kappa shape index (κ2) is 8.63. The van der Waals surface area contributed by atoms with E-state index in [4.69, 9.17) is 5.73 Å². The molecule has 1 atom stereocenters. The fraction of sp³-hybridized carbons (Fsp3) is 0.400. The Balaban J connectivity index is 2.71. The molecule has 3 N–H and O–H groups in total. The Hall–Kier alpha value is -1.44. The van der Waals surface area contributed by atoms with Crippen LogP contribution in [-0.4, -0.2) is 31.0 Å². The highest BCUT2D eigenvalue weighted by atomic mass is 32.2. The largest absolute Gasteiger partial charge is 0.352 e. The number of hydrogen-bond acceptors (Lipinski definition) is 3. The first-order chi connectivity index (χ1) is 9.19. The lowest BCUT2D eigenvalue weighted by atomic mass is 10.1. The van der Waals surface area contributed by atoms with Crippen LogP contribution in [0.2, 0.25) is 0 Å². The monoisotopic (exact) mass is 276 g/mol. The van der Waals surface area contributed by atoms with Crippen molar-refractivity contribution in [2.24, 2.45) is 11.7 Å². The summed E-state index contributed by atoms with van der Waals surface area (Å²) in [6.07, 6.45) is 2.07. The van der Waals surface area contributed by atoms with Crippen LogP contribution in [0.4, 0.5) is 0 Å². The van der Waals surface area contributed by atoms with E-state index in [0.29, 0.717) is 24.6 Å². The van der Waals surface area contributed by atoms with E-state index in [-0.39, 0.29) is 5.91 Å². The van der Waals surface area contributed by atoms with Crippen molar-refractivity contribution in [2.75, 3.05) is 25.1 Å². The predicted molar refractivity (Wildman–Crippen MR) is 82.3 cm³/mol. The molecule has 4 heteroatoms. The standard InChI is InChI=1S/C15H20N2OS/c1-12(11-19-2)10-17-15(18)14-8-4-3-6-13(14)7-5-9-16/h3-4,6,8,12H,9-11,16H2,1-2H3,(H,17,18). The van der Waals surface area contributed by atoms with E-state index in [1.807, 2.05) is 18.2 Å². The highest BCUT2D eigenvalue weighted by Gasteiger charge is 2.10. The molecule has 1 aromatic carbocycles. The van der Waals surface area contributed by atoms with Crippen LogP contribution in [0.5, 0.6) is 0 Å². The molecule has 0 aliphatic carbocycles. The molecular weight excluding hydrogens is 256 g/mol. The first-order valence-electron chi connectivity index (χ1n) is 6.24. The molecule has 1 unspecified atom stereocenters. The Kier molecular flexibility index (Phi) is 7.09. The van der Waals surface area contributed by atoms with E-state index < -0.39 is 0 Å². The summed E-state index contributed by atoms with van der Waals surface area (Å²) in [7, 11) is 0. The van der Waals surface area contributed by atoms with Crippen LogP contribution in [0.15, 0.2) is 24.3 Å². The molecule has 1 rings (SSSR count). The van der Waals surface area contributed by atoms with E-state index in [0.717, 1.165) is 11.3 Å². The van der Waals surface area contributed by atoms with Gasteiger partial charge in [0.1, 0.15) is 0 Å². The van der Waals surface area contributed by atoms with Crippen molar-refractivity contribution in [3.8, 4) is 11.8 Å². The minimum absolute atomic E-state index is 0.0742. The molecule has 0 aromatic heterocycles. The van der Waals surface area contributed by atoms with Crippen molar-refractivity contribution in [3.05, 3.63) is 35.4 Å². The number of amides is 1. The van der Waals surface area contributed by atoms with Gasteiger partial charge in [0, 0.05) is 12.1 Å². The third-order valence-electron chi connectivity index (χ3n) is 2.56. The van der Waals surface area contributed by atoms with E-state index in [1.54, 1.807) is 17.8 Å². The zero-order chi connectivity index (χ0) is 14.1. The first-order valence-corrected chi connectivity index (χ1v) is 7.63. The Bertz CT molecular complexity index is 477. The van der Waals surface area contributed by atoms with Crippen molar-refractivity contribution in [1.29, 1.82) is 0 Å². The van der Waals surface area contributed by atoms with Crippen LogP contribution in [-0.2, 0) is 0 Å². The van der Waals surface area contributed by atoms with Crippen LogP contribution in [0.3, 0.4) is 0 Å². The zero-order valence-electron chi connectivity index (χ0n) is 11.4. The van der Waals surface area contributed by atoms with E-state index in [9.17, 15) is 4.79 Å². The molecule has 0 aliphatic heterocycles. The lowest BCUT2D eigenvalue weighted by Crippen LogP contribution is -2.29. The summed E-state index contributed by atoms with van der Waals surface area (Å²) in [5, 5.41) is 2.95. The van der Waals surface area contributed by atoms with Gasteiger partial charge in [-0.3, -0.25) is 4.79 Å². The predicted octanol–water partition coefficient (Wildman–Crippen LogP) is 1.73. The van der Waals surface area contributed by atoms with Crippen molar-refractivity contribution >= 4 is 17.7 Å². The number of hydrogen-bond donors (Lipinski definition) is 2. The number of thioether (sulfide) groups is 1. The molecule has 3 nitrogen and oxygen atoms in total. The van der Waals surface area contributed by atoms with Gasteiger partial charge in [0.25, 0.3) is 5.91 Å². The van der Waals surface area contributed by atoms with Gasteiger partial charge in [0.05, 0.1) is 12.1 Å². The highest BCUT2D eigenvalue weighted by molar-refractivity contribution is 7.98. The Morgan fingerprint density at radius 1 is 1.47 bits per heavy atom. The SMILES string of the molecule is CSCC(C)CNC(=O)c1ccccc1C#CCN. The Morgan fingerprint density at radius 2 is 2.21 bits per heavy atom. The second-order valence-electron chi connectivity index (χ2n) is 4.32. The van der Waals surface area contributed by atoms with E-state index >= 15 is 0 Å². The molecule has 0 saturated carbocycles. The smallest absolute Gasteiger partial charge is 0.252 e. The molecule has 19 heavy (non-hydrogen) atoms. The third kappa shape index (κ3) is 5.37. The summed E-state index contributed by atoms with van der Waals surface area (Å²) in [6.45, 7) is 3.09. The van der Waals surface area contributed by atoms with Gasteiger partial charge >= 0.3 is 0 Å². The molecule has 1 aromatic rings. The van der Waals surface area contributed by atoms with Gasteiger partial charge in [-0.2, -0.15) is 11.8 Å². The zero-order valence-corrected chi connectivity index (χ0v) is 12.2. The summed E-state index contributed by atoms with van der Waals surface area (Å²) in [5.74, 6) is 7.13. The van der Waals surface area contributed by atoms with Gasteiger partial charge < -0.3 is 11.1 Å². The summed E-state index contributed by atoms with van der Waals surface area (Å²) in [5.41, 5.74) is 6.69. The summed E-state index contributed by atoms with van der Waals surface area (Å²) >= 11 is 1.78. The van der Waals surface area contributed by atoms with Crippen LogP contribution in [0, 0.1) is 17.8 Å². The molecule has 0 radical (unpaired) electrons. The van der Waals surface area contributed by atoms with Crippen molar-refractivity contribution in [1.82, 2.24) is 5.32 Å². The lowest BCUT2D eigenvalue weighted by molar-refractivity contribution is 0.0949. The number of rotatable bonds is 5. The number of carbonyl (C=O) groups excluding carboxylic acids is 1. The highest BCUT2D eigenvalue weighted by Crippen LogP contribution is 2.08. The molecule has 0 heterocycles. The second-order valence-corrected chi connectivity index (χ2v) is 5.23. The van der Waals surface area contributed by atoms with Gasteiger partial charge in [0.2, 0.25) is 0 Å². The summed E-state index contributed by atoms with van der Waals surface area (Å²) < 4.78 is 0. The Labute approximate surface area is 119 Å². The van der Waals surface area contributed by atoms with Crippen LogP contribution >= 0.6 is 11.8 Å². The number of carbonyl (C=O) groups is 1. The summed E-state index contributed by atoms with van der Waals surface area (Å²) in [4.78, 5) is 12.1. The average Bonchev–Trinajstić information content (AvgIpc) is 2.43. The normalized spacial score (nSPS) is 11.3. The van der Waals surface area contributed by atoms with Gasteiger partial charge in [-0.05, 0) is 30.1 Å². The third-order valence-corrected chi connectivity index (χ3v) is 3.46. The topological polar surface area (TPSA) is 55.1 Å². The minimum Gasteiger partial charge on any atom is -0.352 e. The van der Waals surface area contributed by atoms with Gasteiger partial charge in [0.15, 0.2) is 0 Å².